The first-order valence-electron chi connectivity index (χ1n) is 10.7. The summed E-state index contributed by atoms with van der Waals surface area (Å²) in [5.74, 6) is 1.71. The highest BCUT2D eigenvalue weighted by atomic mass is 32.2. The van der Waals surface area contributed by atoms with Gasteiger partial charge >= 0.3 is 6.09 Å². The number of rotatable bonds is 7. The molecular formula is C24H31NO4S2. The maximum Gasteiger partial charge on any atom is 0.410 e. The van der Waals surface area contributed by atoms with Crippen LogP contribution in [-0.2, 0) is 14.6 Å². The Kier molecular flexibility index (Phi) is 8.06. The third-order valence-electron chi connectivity index (χ3n) is 5.47. The summed E-state index contributed by atoms with van der Waals surface area (Å²) in [6, 6.07) is 15.4. The van der Waals surface area contributed by atoms with E-state index < -0.39 is 9.84 Å². The van der Waals surface area contributed by atoms with Crippen molar-refractivity contribution in [3.05, 3.63) is 48.5 Å². The quantitative estimate of drug-likeness (QED) is 0.510. The average molecular weight is 462 g/mol. The molecule has 0 saturated carbocycles. The number of benzene rings is 2. The highest BCUT2D eigenvalue weighted by molar-refractivity contribution is 7.99. The van der Waals surface area contributed by atoms with E-state index in [0.29, 0.717) is 10.8 Å². The summed E-state index contributed by atoms with van der Waals surface area (Å²) in [5.41, 5.74) is 2.08. The smallest absolute Gasteiger partial charge is 0.410 e. The largest absolute Gasteiger partial charge is 0.447 e. The van der Waals surface area contributed by atoms with E-state index in [1.54, 1.807) is 12.1 Å². The summed E-state index contributed by atoms with van der Waals surface area (Å²) in [5, 5.41) is 0. The lowest BCUT2D eigenvalue weighted by molar-refractivity contribution is 0.0652. The van der Waals surface area contributed by atoms with Crippen molar-refractivity contribution >= 4 is 27.7 Å². The number of carbonyl (C=O) groups is 1. The number of hydrogen-bond donors (Lipinski definition) is 0. The third kappa shape index (κ3) is 7.01. The summed E-state index contributed by atoms with van der Waals surface area (Å²) in [4.78, 5) is 15.4. The fraction of sp³-hybridized carbons (Fsp3) is 0.458. The van der Waals surface area contributed by atoms with Crippen molar-refractivity contribution in [3.63, 3.8) is 0 Å². The van der Waals surface area contributed by atoms with Crippen molar-refractivity contribution in [3.8, 4) is 11.1 Å². The number of ether oxygens (including phenoxy) is 1. The molecule has 5 nitrogen and oxygen atoms in total. The number of nitrogens with zero attached hydrogens (tertiary/aromatic N) is 1. The Hall–Kier alpha value is -1.99. The zero-order valence-electron chi connectivity index (χ0n) is 18.4. The molecule has 0 unspecified atom stereocenters. The molecule has 1 heterocycles. The minimum Gasteiger partial charge on any atom is -0.447 e. The number of carbonyl (C=O) groups excluding carboxylic acids is 1. The van der Waals surface area contributed by atoms with Gasteiger partial charge in [0.1, 0.15) is 0 Å². The second-order valence-corrected chi connectivity index (χ2v) is 11.5. The van der Waals surface area contributed by atoms with Crippen molar-refractivity contribution in [2.24, 2.45) is 5.92 Å². The van der Waals surface area contributed by atoms with Crippen molar-refractivity contribution in [1.29, 1.82) is 0 Å². The van der Waals surface area contributed by atoms with Crippen LogP contribution in [0.15, 0.2) is 58.3 Å². The first kappa shape index (κ1) is 23.7. The van der Waals surface area contributed by atoms with Gasteiger partial charge in [0.05, 0.1) is 11.0 Å². The zero-order chi connectivity index (χ0) is 22.4. The molecule has 31 heavy (non-hydrogen) atoms. The van der Waals surface area contributed by atoms with E-state index in [4.69, 9.17) is 4.74 Å². The van der Waals surface area contributed by atoms with Gasteiger partial charge in [0, 0.05) is 24.2 Å². The summed E-state index contributed by atoms with van der Waals surface area (Å²) in [6.45, 7) is 5.33. The van der Waals surface area contributed by atoms with E-state index in [1.807, 2.05) is 42.6 Å². The van der Waals surface area contributed by atoms with Crippen molar-refractivity contribution in [1.82, 2.24) is 4.90 Å². The number of amides is 1. The van der Waals surface area contributed by atoms with E-state index >= 15 is 0 Å². The molecular weight excluding hydrogens is 430 g/mol. The van der Waals surface area contributed by atoms with Crippen LogP contribution in [0.1, 0.15) is 33.1 Å². The summed E-state index contributed by atoms with van der Waals surface area (Å²) in [7, 11) is -3.17. The Morgan fingerprint density at radius 3 is 2.10 bits per heavy atom. The van der Waals surface area contributed by atoms with Gasteiger partial charge in [0.25, 0.3) is 0 Å². The molecule has 0 N–H and O–H groups in total. The van der Waals surface area contributed by atoms with Gasteiger partial charge < -0.3 is 9.64 Å². The molecule has 1 saturated heterocycles. The van der Waals surface area contributed by atoms with Gasteiger partial charge in [-0.1, -0.05) is 24.3 Å². The molecule has 0 bridgehead atoms. The lowest BCUT2D eigenvalue weighted by atomic mass is 9.95. The maximum atomic E-state index is 12.0. The topological polar surface area (TPSA) is 63.7 Å². The molecule has 2 aromatic carbocycles. The monoisotopic (exact) mass is 461 g/mol. The minimum absolute atomic E-state index is 0.0696. The summed E-state index contributed by atoms with van der Waals surface area (Å²) in [6.07, 6.45) is 4.19. The molecule has 3 rings (SSSR count). The Morgan fingerprint density at radius 2 is 1.58 bits per heavy atom. The summed E-state index contributed by atoms with van der Waals surface area (Å²) < 4.78 is 28.5. The van der Waals surface area contributed by atoms with Gasteiger partial charge in [-0.2, -0.15) is 0 Å². The van der Waals surface area contributed by atoms with Crippen molar-refractivity contribution < 1.29 is 17.9 Å². The van der Waals surface area contributed by atoms with Crippen LogP contribution < -0.4 is 0 Å². The molecule has 1 amide bonds. The molecule has 168 valence electrons. The molecule has 2 aromatic rings. The van der Waals surface area contributed by atoms with Crippen LogP contribution in [0.4, 0.5) is 4.79 Å². The van der Waals surface area contributed by atoms with Gasteiger partial charge in [-0.3, -0.25) is 0 Å². The molecule has 7 heteroatoms. The van der Waals surface area contributed by atoms with Crippen LogP contribution in [0.3, 0.4) is 0 Å². The van der Waals surface area contributed by atoms with Gasteiger partial charge in [-0.15, -0.1) is 11.8 Å². The standard InChI is InChI=1S/C24H31NO4S2/c1-18(2)29-24(26)25-15-12-19(13-16-25)14-17-30-22-8-4-20(5-9-22)21-6-10-23(11-7-21)31(3,27)28/h4-11,18-19H,12-17H2,1-3H3. The van der Waals surface area contributed by atoms with Crippen molar-refractivity contribution in [2.45, 2.75) is 49.0 Å². The first-order valence-corrected chi connectivity index (χ1v) is 13.6. The number of hydrogen-bond acceptors (Lipinski definition) is 5. The predicted octanol–water partition coefficient (Wildman–Crippen LogP) is 5.50. The molecule has 0 spiro atoms. The van der Waals surface area contributed by atoms with E-state index in [2.05, 4.69) is 24.3 Å². The van der Waals surface area contributed by atoms with Gasteiger partial charge in [0.15, 0.2) is 9.84 Å². The van der Waals surface area contributed by atoms with Gasteiger partial charge in [-0.05, 0) is 80.2 Å². The average Bonchev–Trinajstić information content (AvgIpc) is 2.74. The molecule has 0 radical (unpaired) electrons. The normalized spacial score (nSPS) is 15.3. The van der Waals surface area contributed by atoms with Crippen LogP contribution >= 0.6 is 11.8 Å². The van der Waals surface area contributed by atoms with Crippen LogP contribution in [0.25, 0.3) is 11.1 Å². The van der Waals surface area contributed by atoms with E-state index in [9.17, 15) is 13.2 Å². The van der Waals surface area contributed by atoms with Crippen LogP contribution in [0, 0.1) is 5.92 Å². The summed E-state index contributed by atoms with van der Waals surface area (Å²) >= 11 is 1.85. The second-order valence-electron chi connectivity index (χ2n) is 8.32. The molecule has 1 aliphatic heterocycles. The Labute approximate surface area is 190 Å². The number of sulfone groups is 1. The highest BCUT2D eigenvalue weighted by Crippen LogP contribution is 2.28. The molecule has 0 aromatic heterocycles. The van der Waals surface area contributed by atoms with Crippen LogP contribution in [0.2, 0.25) is 0 Å². The molecule has 1 fully saturated rings. The number of thioether (sulfide) groups is 1. The second kappa shape index (κ2) is 10.6. The van der Waals surface area contributed by atoms with E-state index in [0.717, 1.165) is 49.2 Å². The van der Waals surface area contributed by atoms with E-state index in [1.165, 1.54) is 11.2 Å². The fourth-order valence-electron chi connectivity index (χ4n) is 3.66. The first-order chi connectivity index (χ1) is 14.7. The van der Waals surface area contributed by atoms with Gasteiger partial charge in [-0.25, -0.2) is 13.2 Å². The van der Waals surface area contributed by atoms with Crippen molar-refractivity contribution in [2.75, 3.05) is 25.1 Å². The number of likely N-dealkylation sites (tertiary alicyclic amines) is 1. The van der Waals surface area contributed by atoms with Gasteiger partial charge in [0.2, 0.25) is 0 Å². The Morgan fingerprint density at radius 1 is 1.03 bits per heavy atom. The molecule has 0 atom stereocenters. The Bertz CT molecular complexity index is 962. The zero-order valence-corrected chi connectivity index (χ0v) is 20.0. The Balaban J connectivity index is 1.44. The number of piperidine rings is 1. The highest BCUT2D eigenvalue weighted by Gasteiger charge is 2.24. The fourth-order valence-corrected chi connectivity index (χ4v) is 5.31. The molecule has 1 aliphatic rings. The lowest BCUT2D eigenvalue weighted by Crippen LogP contribution is -2.39. The maximum absolute atomic E-state index is 12.0. The predicted molar refractivity (Wildman–Crippen MR) is 126 cm³/mol. The minimum atomic E-state index is -3.17. The van der Waals surface area contributed by atoms with Crippen LogP contribution in [-0.4, -0.2) is 50.6 Å². The van der Waals surface area contributed by atoms with E-state index in [-0.39, 0.29) is 12.2 Å². The molecule has 0 aliphatic carbocycles. The SMILES string of the molecule is CC(C)OC(=O)N1CCC(CCSc2ccc(-c3ccc(S(C)(=O)=O)cc3)cc2)CC1. The van der Waals surface area contributed by atoms with Crippen LogP contribution in [0.5, 0.6) is 0 Å². The lowest BCUT2D eigenvalue weighted by Gasteiger charge is -2.31. The third-order valence-corrected chi connectivity index (χ3v) is 7.65.